The van der Waals surface area contributed by atoms with Crippen molar-refractivity contribution in [2.24, 2.45) is 0 Å². The van der Waals surface area contributed by atoms with Crippen molar-refractivity contribution in [2.45, 2.75) is 39.5 Å². The average Bonchev–Trinajstić information content (AvgIpc) is 3.38. The number of rotatable bonds is 11. The van der Waals surface area contributed by atoms with Gasteiger partial charge < -0.3 is 13.9 Å². The number of hydrogen-bond acceptors (Lipinski definition) is 5. The predicted octanol–water partition coefficient (Wildman–Crippen LogP) is 5.80. The highest BCUT2D eigenvalue weighted by molar-refractivity contribution is 7.07. The maximum absolute atomic E-state index is 5.90. The smallest absolute Gasteiger partial charge is 0.126 e. The zero-order chi connectivity index (χ0) is 21.0. The maximum atomic E-state index is 5.90. The van der Waals surface area contributed by atoms with Crippen LogP contribution in [0.15, 0.2) is 51.6 Å². The molecule has 6 heteroatoms. The first-order valence-corrected chi connectivity index (χ1v) is 10.8. The van der Waals surface area contributed by atoms with E-state index >= 15 is 0 Å². The van der Waals surface area contributed by atoms with Gasteiger partial charge in [-0.3, -0.25) is 4.90 Å². The van der Waals surface area contributed by atoms with Crippen LogP contribution in [0, 0.1) is 11.8 Å². The summed E-state index contributed by atoms with van der Waals surface area (Å²) in [5.74, 6) is 7.91. The fourth-order valence-electron chi connectivity index (χ4n) is 2.41. The molecule has 0 bridgehead atoms. The van der Waals surface area contributed by atoms with Crippen LogP contribution >= 0.6 is 23.7 Å². The van der Waals surface area contributed by atoms with Crippen LogP contribution in [0.2, 0.25) is 0 Å². The molecule has 0 unspecified atom stereocenters. The quantitative estimate of drug-likeness (QED) is 0.321. The van der Waals surface area contributed by atoms with Gasteiger partial charge in [0.25, 0.3) is 0 Å². The monoisotopic (exact) mass is 449 g/mol. The summed E-state index contributed by atoms with van der Waals surface area (Å²) in [7, 11) is 1.67. The number of likely N-dealkylation sites (N-methyl/N-ethyl adjacent to an activating group) is 1. The minimum absolute atomic E-state index is 0. The number of furan rings is 1. The molecule has 0 aromatic carbocycles. The van der Waals surface area contributed by atoms with Crippen molar-refractivity contribution in [3.8, 4) is 11.8 Å². The van der Waals surface area contributed by atoms with Crippen LogP contribution in [0.4, 0.5) is 0 Å². The standard InChI is InChI=1S/C24H31NO3S.ClH/c1-5-25(15-8-6-7-14-24(2,3)26-4)18-23-12-11-22(28-23)10-9-16-27-19-21-13-17-29-20-21;/h6,8-13,17,20H,5,15-16,18-19H2,1-4H3;1H. The topological polar surface area (TPSA) is 34.8 Å². The number of allylic oxidation sites excluding steroid dienone is 1. The van der Waals surface area contributed by atoms with E-state index in [0.717, 1.165) is 31.2 Å². The molecule has 0 saturated heterocycles. The van der Waals surface area contributed by atoms with Gasteiger partial charge in [0.1, 0.15) is 17.1 Å². The molecule has 0 N–H and O–H groups in total. The summed E-state index contributed by atoms with van der Waals surface area (Å²) in [5.41, 5.74) is 0.799. The third kappa shape index (κ3) is 10.3. The molecular formula is C24H32ClNO3S. The fourth-order valence-corrected chi connectivity index (χ4v) is 3.06. The zero-order valence-corrected chi connectivity index (χ0v) is 19.9. The first kappa shape index (κ1) is 26.2. The Morgan fingerprint density at radius 2 is 2.07 bits per heavy atom. The Kier molecular flexibility index (Phi) is 12.4. The molecule has 0 atom stereocenters. The van der Waals surface area contributed by atoms with E-state index in [9.17, 15) is 0 Å². The Hall–Kier alpha value is -1.81. The van der Waals surface area contributed by atoms with Crippen LogP contribution < -0.4 is 0 Å². The third-order valence-electron chi connectivity index (χ3n) is 4.30. The van der Waals surface area contributed by atoms with Crippen LogP contribution in [0.5, 0.6) is 0 Å². The molecule has 0 aliphatic rings. The summed E-state index contributed by atoms with van der Waals surface area (Å²) in [6, 6.07) is 6.10. The minimum atomic E-state index is -0.415. The Morgan fingerprint density at radius 1 is 1.23 bits per heavy atom. The van der Waals surface area contributed by atoms with Gasteiger partial charge >= 0.3 is 0 Å². The molecule has 0 radical (unpaired) electrons. The van der Waals surface area contributed by atoms with E-state index in [1.807, 2.05) is 44.2 Å². The molecule has 2 aromatic rings. The van der Waals surface area contributed by atoms with Crippen molar-refractivity contribution in [2.75, 3.05) is 26.8 Å². The van der Waals surface area contributed by atoms with Gasteiger partial charge in [-0.15, -0.1) is 12.4 Å². The molecule has 0 spiro atoms. The van der Waals surface area contributed by atoms with Crippen LogP contribution in [0.3, 0.4) is 0 Å². The first-order valence-electron chi connectivity index (χ1n) is 9.81. The predicted molar refractivity (Wildman–Crippen MR) is 128 cm³/mol. The molecule has 164 valence electrons. The summed E-state index contributed by atoms with van der Waals surface area (Å²) >= 11 is 1.69. The van der Waals surface area contributed by atoms with Crippen molar-refractivity contribution in [1.29, 1.82) is 0 Å². The maximum Gasteiger partial charge on any atom is 0.126 e. The SMILES string of the molecule is CCN(CC=CC#CC(C)(C)OC)Cc1ccc(C=CCOCc2ccsc2)o1.Cl. The van der Waals surface area contributed by atoms with E-state index < -0.39 is 5.60 Å². The molecule has 4 nitrogen and oxygen atoms in total. The van der Waals surface area contributed by atoms with E-state index in [-0.39, 0.29) is 12.4 Å². The summed E-state index contributed by atoms with van der Waals surface area (Å²) in [4.78, 5) is 2.29. The van der Waals surface area contributed by atoms with E-state index in [1.165, 1.54) is 5.56 Å². The number of methoxy groups -OCH3 is 1. The average molecular weight is 450 g/mol. The number of halogens is 1. The van der Waals surface area contributed by atoms with Gasteiger partial charge in [0.15, 0.2) is 0 Å². The summed E-state index contributed by atoms with van der Waals surface area (Å²) in [6.45, 7) is 9.77. The van der Waals surface area contributed by atoms with Crippen molar-refractivity contribution < 1.29 is 13.9 Å². The van der Waals surface area contributed by atoms with Gasteiger partial charge in [0, 0.05) is 13.7 Å². The number of nitrogens with zero attached hydrogens (tertiary/aromatic N) is 1. The Labute approximate surface area is 191 Å². The van der Waals surface area contributed by atoms with Crippen molar-refractivity contribution in [1.82, 2.24) is 4.90 Å². The molecule has 0 aliphatic heterocycles. The molecule has 0 fully saturated rings. The van der Waals surface area contributed by atoms with Crippen molar-refractivity contribution in [3.05, 3.63) is 64.3 Å². The van der Waals surface area contributed by atoms with E-state index in [0.29, 0.717) is 13.2 Å². The number of thiophene rings is 1. The highest BCUT2D eigenvalue weighted by Crippen LogP contribution is 2.13. The summed E-state index contributed by atoms with van der Waals surface area (Å²) in [6.07, 6.45) is 7.89. The highest BCUT2D eigenvalue weighted by Gasteiger charge is 2.10. The van der Waals surface area contributed by atoms with Gasteiger partial charge in [-0.25, -0.2) is 0 Å². The van der Waals surface area contributed by atoms with Crippen LogP contribution in [0.1, 0.15) is 37.9 Å². The lowest BCUT2D eigenvalue weighted by atomic mass is 10.1. The second kappa shape index (κ2) is 14.2. The van der Waals surface area contributed by atoms with E-state index in [2.05, 4.69) is 46.6 Å². The number of hydrogen-bond donors (Lipinski definition) is 0. The minimum Gasteiger partial charge on any atom is -0.460 e. The second-order valence-electron chi connectivity index (χ2n) is 7.07. The number of ether oxygens (including phenoxy) is 2. The van der Waals surface area contributed by atoms with E-state index in [1.54, 1.807) is 18.4 Å². The molecule has 2 aromatic heterocycles. The molecule has 30 heavy (non-hydrogen) atoms. The van der Waals surface area contributed by atoms with Gasteiger partial charge in [-0.05, 0) is 67.1 Å². The lowest BCUT2D eigenvalue weighted by molar-refractivity contribution is 0.0742. The molecular weight excluding hydrogens is 418 g/mol. The second-order valence-corrected chi connectivity index (χ2v) is 7.85. The van der Waals surface area contributed by atoms with Crippen LogP contribution in [-0.2, 0) is 22.6 Å². The third-order valence-corrected chi connectivity index (χ3v) is 5.03. The lowest BCUT2D eigenvalue weighted by Gasteiger charge is -2.16. The van der Waals surface area contributed by atoms with Gasteiger partial charge in [-0.2, -0.15) is 11.3 Å². The Morgan fingerprint density at radius 3 is 2.77 bits per heavy atom. The van der Waals surface area contributed by atoms with Crippen LogP contribution in [-0.4, -0.2) is 37.3 Å². The van der Waals surface area contributed by atoms with Crippen molar-refractivity contribution >= 4 is 29.8 Å². The normalized spacial score (nSPS) is 11.8. The van der Waals surface area contributed by atoms with Crippen molar-refractivity contribution in [3.63, 3.8) is 0 Å². The zero-order valence-electron chi connectivity index (χ0n) is 18.2. The van der Waals surface area contributed by atoms with E-state index in [4.69, 9.17) is 13.9 Å². The summed E-state index contributed by atoms with van der Waals surface area (Å²) in [5, 5.41) is 4.16. The van der Waals surface area contributed by atoms with Gasteiger partial charge in [0.05, 0.1) is 19.8 Å². The van der Waals surface area contributed by atoms with Crippen LogP contribution in [0.25, 0.3) is 6.08 Å². The largest absolute Gasteiger partial charge is 0.460 e. The molecule has 2 rings (SSSR count). The molecule has 0 saturated carbocycles. The first-order chi connectivity index (χ1) is 14.0. The molecule has 0 amide bonds. The highest BCUT2D eigenvalue weighted by atomic mass is 35.5. The molecule has 0 aliphatic carbocycles. The Bertz CT molecular complexity index is 828. The summed E-state index contributed by atoms with van der Waals surface area (Å²) < 4.78 is 16.8. The molecule has 2 heterocycles. The van der Waals surface area contributed by atoms with Gasteiger partial charge in [0.2, 0.25) is 0 Å². The van der Waals surface area contributed by atoms with Gasteiger partial charge in [-0.1, -0.05) is 30.9 Å². The fraction of sp³-hybridized carbons (Fsp3) is 0.417. The Balaban J connectivity index is 0.00000450. The lowest BCUT2D eigenvalue weighted by Crippen LogP contribution is -2.22.